The maximum absolute atomic E-state index is 14.0. The Morgan fingerprint density at radius 2 is 1.97 bits per heavy atom. The SMILES string of the molecule is CC#CCN1C(=O)N[C@@](Cc2cccc(F)c2)(C2CCN(Cc3ccc4c(c3)CCO4)CC2)C1=O. The van der Waals surface area contributed by atoms with Crippen LogP contribution in [0.4, 0.5) is 9.18 Å². The van der Waals surface area contributed by atoms with Crippen molar-refractivity contribution in [3.8, 4) is 17.6 Å². The highest BCUT2D eigenvalue weighted by Gasteiger charge is 2.55. The van der Waals surface area contributed by atoms with Gasteiger partial charge in [0, 0.05) is 19.4 Å². The molecule has 3 aliphatic rings. The molecule has 0 radical (unpaired) electrons. The van der Waals surface area contributed by atoms with E-state index in [0.717, 1.165) is 51.3 Å². The third-order valence-corrected chi connectivity index (χ3v) is 7.43. The van der Waals surface area contributed by atoms with Crippen molar-refractivity contribution in [2.75, 3.05) is 26.2 Å². The summed E-state index contributed by atoms with van der Waals surface area (Å²) >= 11 is 0. The van der Waals surface area contributed by atoms with Crippen LogP contribution in [-0.2, 0) is 24.2 Å². The minimum absolute atomic E-state index is 0.0496. The summed E-state index contributed by atoms with van der Waals surface area (Å²) in [6.45, 7) is 4.98. The average molecular weight is 476 g/mol. The summed E-state index contributed by atoms with van der Waals surface area (Å²) in [6.07, 6.45) is 2.75. The molecule has 2 fully saturated rings. The number of ether oxygens (including phenoxy) is 1. The number of likely N-dealkylation sites (tertiary alicyclic amines) is 1. The lowest BCUT2D eigenvalue weighted by atomic mass is 9.74. The summed E-state index contributed by atoms with van der Waals surface area (Å²) < 4.78 is 19.6. The molecular formula is C28H30FN3O3. The second-order valence-corrected chi connectivity index (χ2v) is 9.62. The molecule has 3 aliphatic heterocycles. The molecule has 0 aliphatic carbocycles. The molecule has 5 rings (SSSR count). The first-order valence-corrected chi connectivity index (χ1v) is 12.2. The number of hydrogen-bond acceptors (Lipinski definition) is 4. The first-order valence-electron chi connectivity index (χ1n) is 12.2. The second kappa shape index (κ2) is 9.71. The Hall–Kier alpha value is -3.37. The average Bonchev–Trinajstić information content (AvgIpc) is 3.41. The molecule has 0 aromatic heterocycles. The van der Waals surface area contributed by atoms with Crippen LogP contribution in [0.5, 0.6) is 5.75 Å². The fraction of sp³-hybridized carbons (Fsp3) is 0.429. The van der Waals surface area contributed by atoms with Gasteiger partial charge >= 0.3 is 6.03 Å². The highest BCUT2D eigenvalue weighted by molar-refractivity contribution is 6.07. The summed E-state index contributed by atoms with van der Waals surface area (Å²) in [4.78, 5) is 30.1. The van der Waals surface area contributed by atoms with Gasteiger partial charge in [0.25, 0.3) is 5.91 Å². The maximum Gasteiger partial charge on any atom is 0.325 e. The number of urea groups is 1. The number of nitrogens with one attached hydrogen (secondary N) is 1. The smallest absolute Gasteiger partial charge is 0.325 e. The summed E-state index contributed by atoms with van der Waals surface area (Å²) in [7, 11) is 0. The molecule has 2 aromatic rings. The standard InChI is InChI=1S/C28H30FN3O3/c1-2-3-12-32-26(33)28(30-27(32)34,18-20-5-4-6-24(29)17-20)23-9-13-31(14-10-23)19-21-7-8-25-22(16-21)11-15-35-25/h4-8,16-17,23H,9-15,18-19H2,1H3,(H,30,34)/t28-/m0/s1. The molecule has 3 amide bonds. The fourth-order valence-corrected chi connectivity index (χ4v) is 5.64. The summed E-state index contributed by atoms with van der Waals surface area (Å²) in [5.74, 6) is 5.92. The van der Waals surface area contributed by atoms with E-state index in [-0.39, 0.29) is 30.6 Å². The van der Waals surface area contributed by atoms with Crippen molar-refractivity contribution in [3.63, 3.8) is 0 Å². The van der Waals surface area contributed by atoms with Gasteiger partial charge in [0.1, 0.15) is 17.1 Å². The normalized spacial score (nSPS) is 22.4. The van der Waals surface area contributed by atoms with Crippen molar-refractivity contribution in [1.29, 1.82) is 0 Å². The van der Waals surface area contributed by atoms with Gasteiger partial charge in [0.05, 0.1) is 13.2 Å². The quantitative estimate of drug-likeness (QED) is 0.513. The number of benzene rings is 2. The molecule has 0 saturated carbocycles. The topological polar surface area (TPSA) is 61.9 Å². The van der Waals surface area contributed by atoms with Gasteiger partial charge in [-0.05, 0) is 73.7 Å². The van der Waals surface area contributed by atoms with E-state index < -0.39 is 11.6 Å². The van der Waals surface area contributed by atoms with E-state index in [1.165, 1.54) is 28.2 Å². The minimum atomic E-state index is -1.09. The van der Waals surface area contributed by atoms with Gasteiger partial charge in [-0.15, -0.1) is 5.92 Å². The number of piperidine rings is 1. The lowest BCUT2D eigenvalue weighted by Gasteiger charge is -2.41. The number of carbonyl (C=O) groups excluding carboxylic acids is 2. The third-order valence-electron chi connectivity index (χ3n) is 7.43. The molecule has 35 heavy (non-hydrogen) atoms. The van der Waals surface area contributed by atoms with E-state index >= 15 is 0 Å². The summed E-state index contributed by atoms with van der Waals surface area (Å²) in [5, 5.41) is 3.02. The number of fused-ring (bicyclic) bond motifs is 1. The predicted molar refractivity (Wildman–Crippen MR) is 130 cm³/mol. The number of amides is 3. The summed E-state index contributed by atoms with van der Waals surface area (Å²) in [5.41, 5.74) is 2.14. The van der Waals surface area contributed by atoms with Gasteiger partial charge in [-0.1, -0.05) is 30.2 Å². The zero-order chi connectivity index (χ0) is 24.4. The Labute approximate surface area is 205 Å². The number of nitrogens with zero attached hydrogens (tertiary/aromatic N) is 2. The van der Waals surface area contributed by atoms with Crippen molar-refractivity contribution >= 4 is 11.9 Å². The largest absolute Gasteiger partial charge is 0.493 e. The first-order chi connectivity index (χ1) is 17.0. The van der Waals surface area contributed by atoms with Crippen LogP contribution in [0.3, 0.4) is 0 Å². The lowest BCUT2D eigenvalue weighted by molar-refractivity contribution is -0.133. The Morgan fingerprint density at radius 3 is 2.74 bits per heavy atom. The molecule has 2 saturated heterocycles. The predicted octanol–water partition coefficient (Wildman–Crippen LogP) is 3.53. The molecule has 182 valence electrons. The van der Waals surface area contributed by atoms with Crippen LogP contribution in [0, 0.1) is 23.6 Å². The number of imide groups is 1. The van der Waals surface area contributed by atoms with E-state index in [1.807, 2.05) is 6.07 Å². The van der Waals surface area contributed by atoms with Gasteiger partial charge in [-0.25, -0.2) is 9.18 Å². The number of carbonyl (C=O) groups is 2. The van der Waals surface area contributed by atoms with Crippen LogP contribution in [0.25, 0.3) is 0 Å². The van der Waals surface area contributed by atoms with E-state index in [1.54, 1.807) is 13.0 Å². The van der Waals surface area contributed by atoms with E-state index in [9.17, 15) is 14.0 Å². The zero-order valence-corrected chi connectivity index (χ0v) is 20.0. The van der Waals surface area contributed by atoms with Crippen molar-refractivity contribution in [2.45, 2.75) is 44.7 Å². The van der Waals surface area contributed by atoms with E-state index in [4.69, 9.17) is 4.74 Å². The Kier molecular flexibility index (Phi) is 6.48. The van der Waals surface area contributed by atoms with Gasteiger partial charge in [-0.2, -0.15) is 0 Å². The number of rotatable bonds is 6. The van der Waals surface area contributed by atoms with Crippen LogP contribution in [0.2, 0.25) is 0 Å². The second-order valence-electron chi connectivity index (χ2n) is 9.62. The number of hydrogen-bond donors (Lipinski definition) is 1. The van der Waals surface area contributed by atoms with Crippen LogP contribution in [-0.4, -0.2) is 53.5 Å². The fourth-order valence-electron chi connectivity index (χ4n) is 5.64. The van der Waals surface area contributed by atoms with Gasteiger partial charge in [-0.3, -0.25) is 14.6 Å². The molecule has 0 bridgehead atoms. The van der Waals surface area contributed by atoms with Crippen LogP contribution in [0.15, 0.2) is 42.5 Å². The Bertz CT molecular complexity index is 1200. The third kappa shape index (κ3) is 4.63. The van der Waals surface area contributed by atoms with Crippen LogP contribution >= 0.6 is 0 Å². The van der Waals surface area contributed by atoms with Crippen molar-refractivity contribution < 1.29 is 18.7 Å². The van der Waals surface area contributed by atoms with Crippen LogP contribution in [0.1, 0.15) is 36.5 Å². The van der Waals surface area contributed by atoms with Crippen molar-refractivity contribution in [2.24, 2.45) is 5.92 Å². The monoisotopic (exact) mass is 475 g/mol. The lowest BCUT2D eigenvalue weighted by Crippen LogP contribution is -2.57. The number of halogens is 1. The van der Waals surface area contributed by atoms with Crippen LogP contribution < -0.4 is 10.1 Å². The molecule has 3 heterocycles. The van der Waals surface area contributed by atoms with E-state index in [2.05, 4.69) is 40.3 Å². The molecule has 6 nitrogen and oxygen atoms in total. The highest BCUT2D eigenvalue weighted by Crippen LogP contribution is 2.37. The molecule has 7 heteroatoms. The molecule has 0 unspecified atom stereocenters. The Morgan fingerprint density at radius 1 is 1.14 bits per heavy atom. The van der Waals surface area contributed by atoms with Gasteiger partial charge in [0.2, 0.25) is 0 Å². The van der Waals surface area contributed by atoms with E-state index in [0.29, 0.717) is 5.56 Å². The molecule has 1 atom stereocenters. The van der Waals surface area contributed by atoms with Gasteiger partial charge < -0.3 is 10.1 Å². The first kappa shape index (κ1) is 23.4. The highest BCUT2D eigenvalue weighted by atomic mass is 19.1. The summed E-state index contributed by atoms with van der Waals surface area (Å²) in [6, 6.07) is 12.3. The molecule has 0 spiro atoms. The zero-order valence-electron chi connectivity index (χ0n) is 20.0. The minimum Gasteiger partial charge on any atom is -0.493 e. The van der Waals surface area contributed by atoms with Crippen molar-refractivity contribution in [3.05, 3.63) is 65.0 Å². The Balaban J connectivity index is 1.33. The molecular weight excluding hydrogens is 445 g/mol. The van der Waals surface area contributed by atoms with Crippen molar-refractivity contribution in [1.82, 2.24) is 15.1 Å². The molecule has 2 aromatic carbocycles. The maximum atomic E-state index is 14.0. The van der Waals surface area contributed by atoms with Gasteiger partial charge in [0.15, 0.2) is 0 Å². The molecule has 1 N–H and O–H groups in total.